The van der Waals surface area contributed by atoms with Gasteiger partial charge in [0.15, 0.2) is 0 Å². The highest BCUT2D eigenvalue weighted by molar-refractivity contribution is 5.95. The molecule has 164 valence electrons. The Balaban J connectivity index is 1.99. The minimum absolute atomic E-state index is 0.366. The van der Waals surface area contributed by atoms with Gasteiger partial charge in [0.2, 0.25) is 0 Å². The normalized spacial score (nSPS) is 16.0. The van der Waals surface area contributed by atoms with Crippen molar-refractivity contribution >= 4 is 12.0 Å². The summed E-state index contributed by atoms with van der Waals surface area (Å²) >= 11 is 0. The van der Waals surface area contributed by atoms with Gasteiger partial charge in [-0.05, 0) is 25.1 Å². The van der Waals surface area contributed by atoms with E-state index in [0.29, 0.717) is 42.3 Å². The van der Waals surface area contributed by atoms with E-state index in [1.165, 1.54) is 7.11 Å². The van der Waals surface area contributed by atoms with E-state index >= 15 is 0 Å². The molecule has 0 saturated carbocycles. The van der Waals surface area contributed by atoms with Crippen LogP contribution in [-0.2, 0) is 16.1 Å². The van der Waals surface area contributed by atoms with E-state index in [0.717, 1.165) is 12.1 Å². The molecule has 2 N–H and O–H groups in total. The van der Waals surface area contributed by atoms with Gasteiger partial charge in [0.1, 0.15) is 5.75 Å². The number of carbonyl (C=O) groups excluding carboxylic acids is 2. The lowest BCUT2D eigenvalue weighted by molar-refractivity contribution is -0.136. The Hall–Kier alpha value is -3.32. The summed E-state index contributed by atoms with van der Waals surface area (Å²) in [5.74, 6) is 0.129. The molecule has 3 rings (SSSR count). The number of benzene rings is 2. The van der Waals surface area contributed by atoms with Crippen LogP contribution in [0.25, 0.3) is 0 Å². The van der Waals surface area contributed by atoms with Crippen molar-refractivity contribution in [2.75, 3.05) is 26.8 Å². The molecule has 2 aromatic rings. The van der Waals surface area contributed by atoms with Crippen molar-refractivity contribution in [2.45, 2.75) is 26.4 Å². The predicted octanol–water partition coefficient (Wildman–Crippen LogP) is 3.39. The van der Waals surface area contributed by atoms with Crippen LogP contribution in [0, 0.1) is 0 Å². The summed E-state index contributed by atoms with van der Waals surface area (Å²) < 4.78 is 10.8. The van der Waals surface area contributed by atoms with Crippen molar-refractivity contribution < 1.29 is 19.1 Å². The zero-order valence-corrected chi connectivity index (χ0v) is 18.2. The standard InChI is InChI=1S/C24H29N3O4/c1-4-27(15-17-11-7-6-8-12-17)16-19-21(23(28)30-3)22(26-24(29)25-19)18-13-9-10-14-20(18)31-5-2/h6-14,22H,4-5,15-16H2,1-3H3,(H2,25,26,29)/t22-/m0/s1. The zero-order valence-electron chi connectivity index (χ0n) is 18.2. The van der Waals surface area contributed by atoms with Gasteiger partial charge in [-0.1, -0.05) is 55.5 Å². The van der Waals surface area contributed by atoms with Gasteiger partial charge in [0.05, 0.1) is 25.3 Å². The number of nitrogens with one attached hydrogen (secondary N) is 2. The van der Waals surface area contributed by atoms with E-state index < -0.39 is 12.0 Å². The summed E-state index contributed by atoms with van der Waals surface area (Å²) in [7, 11) is 1.34. The number of hydrogen-bond donors (Lipinski definition) is 2. The monoisotopic (exact) mass is 423 g/mol. The van der Waals surface area contributed by atoms with E-state index in [4.69, 9.17) is 9.47 Å². The molecule has 0 bridgehead atoms. The van der Waals surface area contributed by atoms with Gasteiger partial charge in [0, 0.05) is 24.4 Å². The van der Waals surface area contributed by atoms with Gasteiger partial charge in [-0.3, -0.25) is 4.90 Å². The number of hydrogen-bond acceptors (Lipinski definition) is 5. The van der Waals surface area contributed by atoms with Crippen molar-refractivity contribution in [3.05, 3.63) is 77.0 Å². The van der Waals surface area contributed by atoms with Crippen LogP contribution in [0.15, 0.2) is 65.9 Å². The molecule has 0 spiro atoms. The fourth-order valence-corrected chi connectivity index (χ4v) is 3.68. The van der Waals surface area contributed by atoms with Gasteiger partial charge >= 0.3 is 12.0 Å². The molecule has 0 fully saturated rings. The topological polar surface area (TPSA) is 79.9 Å². The molecule has 1 heterocycles. The second-order valence-electron chi connectivity index (χ2n) is 7.17. The lowest BCUT2D eigenvalue weighted by Crippen LogP contribution is -2.48. The fraction of sp³-hybridized carbons (Fsp3) is 0.333. The Labute approximate surface area is 183 Å². The molecule has 7 nitrogen and oxygen atoms in total. The first kappa shape index (κ1) is 22.4. The molecular formula is C24H29N3O4. The number of nitrogens with zero attached hydrogens (tertiary/aromatic N) is 1. The van der Waals surface area contributed by atoms with Crippen LogP contribution in [-0.4, -0.2) is 43.7 Å². The summed E-state index contributed by atoms with van der Waals surface area (Å²) in [6.45, 7) is 6.25. The molecule has 1 aliphatic heterocycles. The van der Waals surface area contributed by atoms with Crippen molar-refractivity contribution in [1.29, 1.82) is 0 Å². The van der Waals surface area contributed by atoms with Crippen LogP contribution in [0.3, 0.4) is 0 Å². The largest absolute Gasteiger partial charge is 0.494 e. The average Bonchev–Trinajstić information content (AvgIpc) is 2.79. The molecule has 1 atom stereocenters. The number of likely N-dealkylation sites (N-methyl/N-ethyl adjacent to an activating group) is 1. The SMILES string of the molecule is CCOc1ccccc1[C@@H]1NC(=O)NC(CN(CC)Cc2ccccc2)=C1C(=O)OC. The molecule has 7 heteroatoms. The second kappa shape index (κ2) is 10.6. The molecule has 2 amide bonds. The van der Waals surface area contributed by atoms with Crippen LogP contribution in [0.2, 0.25) is 0 Å². The number of esters is 1. The smallest absolute Gasteiger partial charge is 0.338 e. The molecular weight excluding hydrogens is 394 g/mol. The van der Waals surface area contributed by atoms with Crippen LogP contribution in [0.5, 0.6) is 5.75 Å². The Morgan fingerprint density at radius 1 is 1.03 bits per heavy atom. The molecule has 0 saturated heterocycles. The second-order valence-corrected chi connectivity index (χ2v) is 7.17. The Kier molecular flexibility index (Phi) is 7.67. The third kappa shape index (κ3) is 5.44. The number of methoxy groups -OCH3 is 1. The van der Waals surface area contributed by atoms with E-state index in [1.807, 2.05) is 56.3 Å². The highest BCUT2D eigenvalue weighted by Gasteiger charge is 2.35. The molecule has 1 aliphatic rings. The van der Waals surface area contributed by atoms with Crippen molar-refractivity contribution in [2.24, 2.45) is 0 Å². The lowest BCUT2D eigenvalue weighted by Gasteiger charge is -2.32. The first-order valence-corrected chi connectivity index (χ1v) is 10.4. The Morgan fingerprint density at radius 2 is 1.74 bits per heavy atom. The minimum atomic E-state index is -0.672. The maximum Gasteiger partial charge on any atom is 0.338 e. The Bertz CT molecular complexity index is 943. The summed E-state index contributed by atoms with van der Waals surface area (Å²) in [5, 5.41) is 5.69. The lowest BCUT2D eigenvalue weighted by atomic mass is 9.94. The quantitative estimate of drug-likeness (QED) is 0.605. The molecule has 0 aliphatic carbocycles. The highest BCUT2D eigenvalue weighted by atomic mass is 16.5. The van der Waals surface area contributed by atoms with Gasteiger partial charge in [0.25, 0.3) is 0 Å². The van der Waals surface area contributed by atoms with E-state index in [2.05, 4.69) is 27.7 Å². The Morgan fingerprint density at radius 3 is 2.42 bits per heavy atom. The van der Waals surface area contributed by atoms with Crippen LogP contribution < -0.4 is 15.4 Å². The first-order valence-electron chi connectivity index (χ1n) is 10.4. The van der Waals surface area contributed by atoms with Crippen molar-refractivity contribution in [1.82, 2.24) is 15.5 Å². The van der Waals surface area contributed by atoms with Gasteiger partial charge < -0.3 is 20.1 Å². The third-order valence-electron chi connectivity index (χ3n) is 5.17. The van der Waals surface area contributed by atoms with Gasteiger partial charge in [-0.25, -0.2) is 9.59 Å². The summed E-state index contributed by atoms with van der Waals surface area (Å²) in [5.41, 5.74) is 2.77. The van der Waals surface area contributed by atoms with Crippen molar-refractivity contribution in [3.63, 3.8) is 0 Å². The maximum atomic E-state index is 12.8. The van der Waals surface area contributed by atoms with Crippen LogP contribution in [0.1, 0.15) is 31.0 Å². The molecule has 2 aromatic carbocycles. The molecule has 0 radical (unpaired) electrons. The molecule has 0 aromatic heterocycles. The molecule has 31 heavy (non-hydrogen) atoms. The number of urea groups is 1. The minimum Gasteiger partial charge on any atom is -0.494 e. The molecule has 0 unspecified atom stereocenters. The van der Waals surface area contributed by atoms with Crippen LogP contribution in [0.4, 0.5) is 4.79 Å². The number of ether oxygens (including phenoxy) is 2. The predicted molar refractivity (Wildman–Crippen MR) is 118 cm³/mol. The van der Waals surface area contributed by atoms with Crippen LogP contribution >= 0.6 is 0 Å². The average molecular weight is 424 g/mol. The number of carbonyl (C=O) groups is 2. The number of rotatable bonds is 9. The maximum absolute atomic E-state index is 12.8. The fourth-order valence-electron chi connectivity index (χ4n) is 3.68. The summed E-state index contributed by atoms with van der Waals surface area (Å²) in [6, 6.07) is 16.4. The summed E-state index contributed by atoms with van der Waals surface area (Å²) in [6.07, 6.45) is 0. The van der Waals surface area contributed by atoms with E-state index in [9.17, 15) is 9.59 Å². The number of amides is 2. The third-order valence-corrected chi connectivity index (χ3v) is 5.17. The van der Waals surface area contributed by atoms with Crippen molar-refractivity contribution in [3.8, 4) is 5.75 Å². The zero-order chi connectivity index (χ0) is 22.2. The van der Waals surface area contributed by atoms with Gasteiger partial charge in [-0.15, -0.1) is 0 Å². The first-order chi connectivity index (χ1) is 15.1. The van der Waals surface area contributed by atoms with Gasteiger partial charge in [-0.2, -0.15) is 0 Å². The van der Waals surface area contributed by atoms with E-state index in [-0.39, 0.29) is 6.03 Å². The number of para-hydroxylation sites is 1. The van der Waals surface area contributed by atoms with E-state index in [1.54, 1.807) is 0 Å². The highest BCUT2D eigenvalue weighted by Crippen LogP contribution is 2.33. The summed E-state index contributed by atoms with van der Waals surface area (Å²) in [4.78, 5) is 27.5.